The van der Waals surface area contributed by atoms with E-state index in [1.54, 1.807) is 0 Å². The Kier molecular flexibility index (Phi) is 11.0. The molecule has 184 valence electrons. The van der Waals surface area contributed by atoms with E-state index < -0.39 is 0 Å². The van der Waals surface area contributed by atoms with Gasteiger partial charge < -0.3 is 9.47 Å². The van der Waals surface area contributed by atoms with Crippen LogP contribution >= 0.6 is 0 Å². The zero-order valence-corrected chi connectivity index (χ0v) is 21.9. The first-order valence-electron chi connectivity index (χ1n) is 12.5. The average molecular weight is 465 g/mol. The van der Waals surface area contributed by atoms with Gasteiger partial charge >= 0.3 is 0 Å². The maximum atomic E-state index is 13.0. The lowest BCUT2D eigenvalue weighted by molar-refractivity contribution is -0.0428. The molecule has 3 aromatic rings. The summed E-state index contributed by atoms with van der Waals surface area (Å²) in [7, 11) is 0. The Bertz CT molecular complexity index is 1080. The molecular weight excluding hydrogens is 424 g/mol. The van der Waals surface area contributed by atoms with Crippen LogP contribution in [0.15, 0.2) is 53.3 Å². The molecule has 1 atom stereocenters. The van der Waals surface area contributed by atoms with E-state index in [0.29, 0.717) is 18.8 Å². The number of aryl methyl sites for hydroxylation is 2. The number of nitrogens with zero attached hydrogens (tertiary/aromatic N) is 2. The summed E-state index contributed by atoms with van der Waals surface area (Å²) < 4.78 is 13.3. The number of hydrogen-bond donors (Lipinski definition) is 0. The van der Waals surface area contributed by atoms with Crippen LogP contribution in [0.3, 0.4) is 0 Å². The third-order valence-corrected chi connectivity index (χ3v) is 5.67. The molecule has 1 saturated heterocycles. The summed E-state index contributed by atoms with van der Waals surface area (Å²) in [5.41, 5.74) is 5.56. The summed E-state index contributed by atoms with van der Waals surface area (Å²) in [6.45, 7) is 15.1. The van der Waals surface area contributed by atoms with E-state index in [1.165, 1.54) is 4.68 Å². The van der Waals surface area contributed by atoms with Gasteiger partial charge in [-0.15, -0.1) is 0 Å². The molecular formula is C29H40N2O3. The smallest absolute Gasteiger partial charge is 0.272 e. The SMILES string of the molecule is CC.CC.Cc1cc(OCc2ccccc2)ccc1-c1c(C)nn(C2CCCCO2)c(=O)c1C. The number of benzene rings is 2. The molecule has 1 fully saturated rings. The van der Waals surface area contributed by atoms with Crippen LogP contribution in [0, 0.1) is 20.8 Å². The predicted molar refractivity (Wildman–Crippen MR) is 140 cm³/mol. The summed E-state index contributed by atoms with van der Waals surface area (Å²) in [6, 6.07) is 16.1. The van der Waals surface area contributed by atoms with Gasteiger partial charge in [-0.1, -0.05) is 64.1 Å². The third kappa shape index (κ3) is 6.57. The first-order chi connectivity index (χ1) is 16.5. The zero-order valence-electron chi connectivity index (χ0n) is 21.9. The van der Waals surface area contributed by atoms with Crippen molar-refractivity contribution in [3.63, 3.8) is 0 Å². The van der Waals surface area contributed by atoms with Crippen LogP contribution in [0.2, 0.25) is 0 Å². The highest BCUT2D eigenvalue weighted by Gasteiger charge is 2.22. The van der Waals surface area contributed by atoms with Gasteiger partial charge in [-0.05, 0) is 68.9 Å². The first-order valence-corrected chi connectivity index (χ1v) is 12.5. The van der Waals surface area contributed by atoms with Crippen LogP contribution in [-0.2, 0) is 11.3 Å². The number of ether oxygens (including phenoxy) is 2. The molecule has 0 saturated carbocycles. The maximum absolute atomic E-state index is 13.0. The van der Waals surface area contributed by atoms with E-state index in [0.717, 1.165) is 53.0 Å². The van der Waals surface area contributed by atoms with Crippen molar-refractivity contribution in [3.05, 3.63) is 81.3 Å². The van der Waals surface area contributed by atoms with E-state index in [2.05, 4.69) is 5.10 Å². The molecule has 0 radical (unpaired) electrons. The van der Waals surface area contributed by atoms with E-state index >= 15 is 0 Å². The van der Waals surface area contributed by atoms with Crippen molar-refractivity contribution in [2.75, 3.05) is 6.61 Å². The Morgan fingerprint density at radius 3 is 2.32 bits per heavy atom. The van der Waals surface area contributed by atoms with Crippen molar-refractivity contribution in [1.82, 2.24) is 9.78 Å². The van der Waals surface area contributed by atoms with Crippen molar-refractivity contribution in [3.8, 4) is 16.9 Å². The molecule has 1 unspecified atom stereocenters. The Labute approximate surface area is 204 Å². The molecule has 5 heteroatoms. The molecule has 0 bridgehead atoms. The van der Waals surface area contributed by atoms with Gasteiger partial charge in [0, 0.05) is 17.7 Å². The molecule has 0 amide bonds. The molecule has 1 aliphatic rings. The molecule has 34 heavy (non-hydrogen) atoms. The Morgan fingerprint density at radius 2 is 1.71 bits per heavy atom. The number of aromatic nitrogens is 2. The van der Waals surface area contributed by atoms with Crippen molar-refractivity contribution >= 4 is 0 Å². The van der Waals surface area contributed by atoms with Gasteiger partial charge in [-0.3, -0.25) is 4.79 Å². The molecule has 4 rings (SSSR count). The first kappa shape index (κ1) is 27.3. The lowest BCUT2D eigenvalue weighted by Crippen LogP contribution is -2.33. The van der Waals surface area contributed by atoms with Crippen molar-refractivity contribution in [2.24, 2.45) is 0 Å². The summed E-state index contributed by atoms with van der Waals surface area (Å²) in [5, 5.41) is 4.62. The summed E-state index contributed by atoms with van der Waals surface area (Å²) >= 11 is 0. The molecule has 1 aliphatic heterocycles. The molecule has 2 heterocycles. The minimum Gasteiger partial charge on any atom is -0.489 e. The highest BCUT2D eigenvalue weighted by atomic mass is 16.5. The minimum atomic E-state index is -0.257. The largest absolute Gasteiger partial charge is 0.489 e. The molecule has 5 nitrogen and oxygen atoms in total. The zero-order chi connectivity index (χ0) is 25.1. The van der Waals surface area contributed by atoms with E-state index in [4.69, 9.17) is 9.47 Å². The monoisotopic (exact) mass is 464 g/mol. The Hall–Kier alpha value is -2.92. The Morgan fingerprint density at radius 1 is 1.00 bits per heavy atom. The second-order valence-electron chi connectivity index (χ2n) is 7.91. The minimum absolute atomic E-state index is 0.0775. The van der Waals surface area contributed by atoms with Crippen molar-refractivity contribution < 1.29 is 9.47 Å². The number of rotatable bonds is 5. The van der Waals surface area contributed by atoms with Crippen LogP contribution in [0.1, 0.15) is 75.6 Å². The fourth-order valence-corrected chi connectivity index (χ4v) is 4.06. The Balaban J connectivity index is 0.000000970. The van der Waals surface area contributed by atoms with E-state index in [9.17, 15) is 4.79 Å². The highest BCUT2D eigenvalue weighted by molar-refractivity contribution is 5.72. The van der Waals surface area contributed by atoms with Gasteiger partial charge in [0.2, 0.25) is 0 Å². The van der Waals surface area contributed by atoms with E-state index in [1.807, 2.05) is 97.0 Å². The van der Waals surface area contributed by atoms with Gasteiger partial charge in [0.1, 0.15) is 12.4 Å². The quantitative estimate of drug-likeness (QED) is 0.402. The third-order valence-electron chi connectivity index (χ3n) is 5.67. The van der Waals surface area contributed by atoms with Crippen molar-refractivity contribution in [1.29, 1.82) is 0 Å². The second-order valence-corrected chi connectivity index (χ2v) is 7.91. The molecule has 0 N–H and O–H groups in total. The van der Waals surface area contributed by atoms with Crippen LogP contribution in [0.5, 0.6) is 5.75 Å². The average Bonchev–Trinajstić information content (AvgIpc) is 2.89. The van der Waals surface area contributed by atoms with Gasteiger partial charge in [-0.25, -0.2) is 4.68 Å². The molecule has 1 aromatic heterocycles. The van der Waals surface area contributed by atoms with Gasteiger partial charge in [0.15, 0.2) is 6.23 Å². The fourth-order valence-electron chi connectivity index (χ4n) is 4.06. The van der Waals surface area contributed by atoms with Crippen LogP contribution in [0.4, 0.5) is 0 Å². The van der Waals surface area contributed by atoms with Gasteiger partial charge in [0.05, 0.1) is 5.69 Å². The lowest BCUT2D eigenvalue weighted by Gasteiger charge is -2.25. The fraction of sp³-hybridized carbons (Fsp3) is 0.448. The molecule has 0 spiro atoms. The van der Waals surface area contributed by atoms with Crippen LogP contribution in [0.25, 0.3) is 11.1 Å². The van der Waals surface area contributed by atoms with Crippen LogP contribution < -0.4 is 10.3 Å². The summed E-state index contributed by atoms with van der Waals surface area (Å²) in [5.74, 6) is 0.812. The number of hydrogen-bond acceptors (Lipinski definition) is 4. The summed E-state index contributed by atoms with van der Waals surface area (Å²) in [4.78, 5) is 13.0. The van der Waals surface area contributed by atoms with Gasteiger partial charge in [0.25, 0.3) is 5.56 Å². The highest BCUT2D eigenvalue weighted by Crippen LogP contribution is 2.31. The topological polar surface area (TPSA) is 53.4 Å². The maximum Gasteiger partial charge on any atom is 0.272 e. The predicted octanol–water partition coefficient (Wildman–Crippen LogP) is 7.17. The normalized spacial score (nSPS) is 14.9. The lowest BCUT2D eigenvalue weighted by atomic mass is 9.96. The standard InChI is InChI=1S/C25H28N2O3.2C2H6/c1-17-15-21(30-16-20-9-5-4-6-10-20)12-13-22(17)24-18(2)25(28)27(26-19(24)3)23-11-7-8-14-29-23;2*1-2/h4-6,9-10,12-13,15,23H,7-8,11,14,16H2,1-3H3;2*1-2H3. The van der Waals surface area contributed by atoms with Gasteiger partial charge in [-0.2, -0.15) is 5.10 Å². The van der Waals surface area contributed by atoms with Crippen molar-refractivity contribution in [2.45, 2.75) is 80.6 Å². The second kappa shape index (κ2) is 13.7. The van der Waals surface area contributed by atoms with Crippen LogP contribution in [-0.4, -0.2) is 16.4 Å². The van der Waals surface area contributed by atoms with E-state index in [-0.39, 0.29) is 11.8 Å². The molecule has 0 aliphatic carbocycles. The molecule has 2 aromatic carbocycles. The summed E-state index contributed by atoms with van der Waals surface area (Å²) in [6.07, 6.45) is 2.67.